The molecule has 1 aromatic rings. The lowest BCUT2D eigenvalue weighted by Crippen LogP contribution is -2.05. The molecule has 1 atom stereocenters. The van der Waals surface area contributed by atoms with E-state index >= 15 is 0 Å². The fraction of sp³-hybridized carbons (Fsp3) is 0.375. The first-order valence-electron chi connectivity index (χ1n) is 3.46. The molecule has 0 amide bonds. The highest BCUT2D eigenvalue weighted by Gasteiger charge is 2.05. The lowest BCUT2D eigenvalue weighted by molar-refractivity contribution is 0.0921. The number of rotatable bonds is 2. The van der Waals surface area contributed by atoms with Crippen LogP contribution >= 0.6 is 0 Å². The summed E-state index contributed by atoms with van der Waals surface area (Å²) in [7, 11) is 0. The average molecular weight is 153 g/mol. The summed E-state index contributed by atoms with van der Waals surface area (Å²) in [4.78, 5) is 4.03. The molecule has 0 fully saturated rings. The first-order valence-corrected chi connectivity index (χ1v) is 3.46. The number of aliphatic hydroxyl groups is 2. The van der Waals surface area contributed by atoms with E-state index in [1.165, 1.54) is 0 Å². The monoisotopic (exact) mass is 153 g/mol. The molecule has 1 rings (SSSR count). The van der Waals surface area contributed by atoms with Crippen molar-refractivity contribution in [1.29, 1.82) is 0 Å². The van der Waals surface area contributed by atoms with E-state index in [0.717, 1.165) is 5.69 Å². The third-order valence-electron chi connectivity index (χ3n) is 1.42. The van der Waals surface area contributed by atoms with E-state index in [-0.39, 0.29) is 6.61 Å². The zero-order valence-corrected chi connectivity index (χ0v) is 6.36. The summed E-state index contributed by atoms with van der Waals surface area (Å²) in [6.45, 7) is 1.56. The maximum atomic E-state index is 9.14. The Hall–Kier alpha value is -0.930. The Kier molecular flexibility index (Phi) is 2.57. The summed E-state index contributed by atoms with van der Waals surface area (Å²) >= 11 is 0. The largest absolute Gasteiger partial charge is 0.393 e. The number of nitrogens with zero attached hydrogens (tertiary/aromatic N) is 1. The minimum Gasteiger partial charge on any atom is -0.393 e. The van der Waals surface area contributed by atoms with Crippen LogP contribution in [0.15, 0.2) is 18.2 Å². The molecule has 2 N–H and O–H groups in total. The van der Waals surface area contributed by atoms with Gasteiger partial charge in [-0.2, -0.15) is 0 Å². The first kappa shape index (κ1) is 8.17. The summed E-state index contributed by atoms with van der Waals surface area (Å²) in [6, 6.07) is 5.33. The molecule has 0 radical (unpaired) electrons. The third-order valence-corrected chi connectivity index (χ3v) is 1.42. The molecule has 3 heteroatoms. The molecule has 1 heterocycles. The maximum Gasteiger partial charge on any atom is 0.119 e. The quantitative estimate of drug-likeness (QED) is 0.647. The molecule has 11 heavy (non-hydrogen) atoms. The number of aryl methyl sites for hydroxylation is 1. The first-order chi connectivity index (χ1) is 5.24. The van der Waals surface area contributed by atoms with Crippen LogP contribution < -0.4 is 0 Å². The lowest BCUT2D eigenvalue weighted by Gasteiger charge is -2.05. The summed E-state index contributed by atoms with van der Waals surface area (Å²) in [5.41, 5.74) is 1.36. The van der Waals surface area contributed by atoms with Crippen molar-refractivity contribution in [2.24, 2.45) is 0 Å². The Morgan fingerprint density at radius 1 is 1.55 bits per heavy atom. The van der Waals surface area contributed by atoms with Gasteiger partial charge in [0.15, 0.2) is 0 Å². The molecule has 0 saturated carbocycles. The number of aliphatic hydroxyl groups excluding tert-OH is 2. The average Bonchev–Trinajstić information content (AvgIpc) is 2.03. The fourth-order valence-corrected chi connectivity index (χ4v) is 0.843. The molecule has 0 spiro atoms. The highest BCUT2D eigenvalue weighted by atomic mass is 16.3. The smallest absolute Gasteiger partial charge is 0.119 e. The van der Waals surface area contributed by atoms with Gasteiger partial charge in [-0.05, 0) is 19.1 Å². The zero-order chi connectivity index (χ0) is 8.27. The molecular weight excluding hydrogens is 142 g/mol. The molecule has 0 bridgehead atoms. The molecule has 1 aromatic heterocycles. The normalized spacial score (nSPS) is 13.0. The van der Waals surface area contributed by atoms with Crippen molar-refractivity contribution in [3.05, 3.63) is 29.6 Å². The second-order valence-corrected chi connectivity index (χ2v) is 2.40. The van der Waals surface area contributed by atoms with Gasteiger partial charge in [0.25, 0.3) is 0 Å². The van der Waals surface area contributed by atoms with Crippen LogP contribution in [0.1, 0.15) is 17.5 Å². The molecule has 3 nitrogen and oxygen atoms in total. The minimum absolute atomic E-state index is 0.281. The van der Waals surface area contributed by atoms with Gasteiger partial charge in [-0.25, -0.2) is 0 Å². The predicted octanol–water partition coefficient (Wildman–Crippen LogP) is 0.416. The summed E-state index contributed by atoms with van der Waals surface area (Å²) in [5.74, 6) is 0. The fourth-order valence-electron chi connectivity index (χ4n) is 0.843. The van der Waals surface area contributed by atoms with Crippen molar-refractivity contribution < 1.29 is 10.2 Å². The van der Waals surface area contributed by atoms with Crippen LogP contribution in [0.5, 0.6) is 0 Å². The Balaban J connectivity index is 2.86. The van der Waals surface area contributed by atoms with Crippen molar-refractivity contribution in [2.45, 2.75) is 13.0 Å². The Morgan fingerprint density at radius 2 is 2.27 bits per heavy atom. The van der Waals surface area contributed by atoms with Gasteiger partial charge < -0.3 is 10.2 Å². The highest BCUT2D eigenvalue weighted by Crippen LogP contribution is 2.08. The molecule has 1 unspecified atom stereocenters. The van der Waals surface area contributed by atoms with Gasteiger partial charge in [-0.3, -0.25) is 4.98 Å². The van der Waals surface area contributed by atoms with Crippen LogP contribution in [0.3, 0.4) is 0 Å². The van der Waals surface area contributed by atoms with Crippen molar-refractivity contribution in [3.8, 4) is 0 Å². The van der Waals surface area contributed by atoms with E-state index in [4.69, 9.17) is 10.2 Å². The molecule has 0 aliphatic heterocycles. The minimum atomic E-state index is -0.852. The predicted molar refractivity (Wildman–Crippen MR) is 41.0 cm³/mol. The lowest BCUT2D eigenvalue weighted by atomic mass is 10.2. The summed E-state index contributed by atoms with van der Waals surface area (Å²) in [5, 5.41) is 17.7. The zero-order valence-electron chi connectivity index (χ0n) is 6.36. The second-order valence-electron chi connectivity index (χ2n) is 2.40. The highest BCUT2D eigenvalue weighted by molar-refractivity contribution is 5.11. The van der Waals surface area contributed by atoms with Crippen LogP contribution in [0.4, 0.5) is 0 Å². The Labute approximate surface area is 65.3 Å². The van der Waals surface area contributed by atoms with Crippen LogP contribution in [-0.2, 0) is 0 Å². The van der Waals surface area contributed by atoms with Gasteiger partial charge in [0.1, 0.15) is 6.10 Å². The van der Waals surface area contributed by atoms with Crippen molar-refractivity contribution in [1.82, 2.24) is 4.98 Å². The van der Waals surface area contributed by atoms with E-state index in [9.17, 15) is 0 Å². The number of hydrogen-bond donors (Lipinski definition) is 2. The summed E-state index contributed by atoms with van der Waals surface area (Å²) in [6.07, 6.45) is -0.852. The molecule has 60 valence electrons. The van der Waals surface area contributed by atoms with Crippen LogP contribution in [0, 0.1) is 6.92 Å². The summed E-state index contributed by atoms with van der Waals surface area (Å²) < 4.78 is 0. The van der Waals surface area contributed by atoms with Crippen LogP contribution in [0.2, 0.25) is 0 Å². The Morgan fingerprint density at radius 3 is 2.82 bits per heavy atom. The van der Waals surface area contributed by atoms with E-state index < -0.39 is 6.10 Å². The van der Waals surface area contributed by atoms with E-state index in [1.807, 2.05) is 13.0 Å². The topological polar surface area (TPSA) is 53.4 Å². The number of hydrogen-bond acceptors (Lipinski definition) is 3. The van der Waals surface area contributed by atoms with Gasteiger partial charge in [0.05, 0.1) is 12.3 Å². The number of pyridine rings is 1. The molecule has 0 aliphatic carbocycles. The van der Waals surface area contributed by atoms with Gasteiger partial charge in [0, 0.05) is 5.69 Å². The molecule has 0 saturated heterocycles. The molecule has 0 aliphatic rings. The molecule has 0 aromatic carbocycles. The third kappa shape index (κ3) is 2.00. The van der Waals surface area contributed by atoms with Crippen molar-refractivity contribution in [2.75, 3.05) is 6.61 Å². The van der Waals surface area contributed by atoms with Crippen LogP contribution in [-0.4, -0.2) is 21.8 Å². The van der Waals surface area contributed by atoms with Gasteiger partial charge >= 0.3 is 0 Å². The number of aromatic nitrogens is 1. The van der Waals surface area contributed by atoms with Crippen molar-refractivity contribution in [3.63, 3.8) is 0 Å². The van der Waals surface area contributed by atoms with Gasteiger partial charge in [-0.15, -0.1) is 0 Å². The van der Waals surface area contributed by atoms with Crippen molar-refractivity contribution >= 4 is 0 Å². The van der Waals surface area contributed by atoms with E-state index in [1.54, 1.807) is 12.1 Å². The molecular formula is C8H11NO2. The SMILES string of the molecule is Cc1cccc(C(O)CO)n1. The van der Waals surface area contributed by atoms with Gasteiger partial charge in [-0.1, -0.05) is 6.07 Å². The van der Waals surface area contributed by atoms with Crippen LogP contribution in [0.25, 0.3) is 0 Å². The Bertz CT molecular complexity index is 237. The van der Waals surface area contributed by atoms with Gasteiger partial charge in [0.2, 0.25) is 0 Å². The standard InChI is InChI=1S/C8H11NO2/c1-6-3-2-4-7(9-6)8(11)5-10/h2-4,8,10-11H,5H2,1H3. The second kappa shape index (κ2) is 3.46. The van der Waals surface area contributed by atoms with E-state index in [2.05, 4.69) is 4.98 Å². The maximum absolute atomic E-state index is 9.14. The van der Waals surface area contributed by atoms with E-state index in [0.29, 0.717) is 5.69 Å².